The third-order valence-corrected chi connectivity index (χ3v) is 4.56. The smallest absolute Gasteiger partial charge is 0.277 e. The fraction of sp³-hybridized carbons (Fsp3) is 0.211. The van der Waals surface area contributed by atoms with E-state index in [1.165, 1.54) is 23.9 Å². The highest BCUT2D eigenvalue weighted by molar-refractivity contribution is 7.99. The molecule has 26 heavy (non-hydrogen) atoms. The normalized spacial score (nSPS) is 12.0. The first-order valence-corrected chi connectivity index (χ1v) is 9.08. The van der Waals surface area contributed by atoms with E-state index in [0.29, 0.717) is 11.1 Å². The number of amides is 1. The molecule has 0 unspecified atom stereocenters. The first kappa shape index (κ1) is 18.1. The minimum absolute atomic E-state index is 0.154. The van der Waals surface area contributed by atoms with Crippen molar-refractivity contribution in [1.29, 1.82) is 0 Å². The van der Waals surface area contributed by atoms with Crippen molar-refractivity contribution in [2.75, 3.05) is 5.75 Å². The van der Waals surface area contributed by atoms with Crippen molar-refractivity contribution in [3.8, 4) is 11.5 Å². The molecule has 0 fully saturated rings. The molecule has 3 rings (SSSR count). The van der Waals surface area contributed by atoms with Gasteiger partial charge in [0.2, 0.25) is 11.8 Å². The Labute approximate surface area is 155 Å². The third kappa shape index (κ3) is 4.70. The molecule has 2 aromatic carbocycles. The number of nitrogens with one attached hydrogen (secondary N) is 1. The molecule has 1 heterocycles. The average Bonchev–Trinajstić information content (AvgIpc) is 3.09. The number of aryl methyl sites for hydroxylation is 1. The molecule has 0 radical (unpaired) electrons. The number of hydrogen-bond acceptors (Lipinski definition) is 5. The molecule has 134 valence electrons. The summed E-state index contributed by atoms with van der Waals surface area (Å²) in [6.07, 6.45) is 0. The van der Waals surface area contributed by atoms with Crippen LogP contribution in [0, 0.1) is 12.7 Å². The predicted octanol–water partition coefficient (Wildman–Crippen LogP) is 4.15. The lowest BCUT2D eigenvalue weighted by atomic mass is 10.1. The van der Waals surface area contributed by atoms with Gasteiger partial charge in [0, 0.05) is 5.56 Å². The van der Waals surface area contributed by atoms with Crippen LogP contribution in [-0.2, 0) is 4.79 Å². The monoisotopic (exact) mass is 371 g/mol. The van der Waals surface area contributed by atoms with E-state index in [-0.39, 0.29) is 23.5 Å². The number of nitrogens with zero attached hydrogens (tertiary/aromatic N) is 2. The van der Waals surface area contributed by atoms with Gasteiger partial charge in [-0.2, -0.15) is 0 Å². The van der Waals surface area contributed by atoms with Gasteiger partial charge in [-0.05, 0) is 43.7 Å². The fourth-order valence-corrected chi connectivity index (χ4v) is 2.98. The van der Waals surface area contributed by atoms with Crippen LogP contribution >= 0.6 is 11.8 Å². The summed E-state index contributed by atoms with van der Waals surface area (Å²) in [4.78, 5) is 12.1. The first-order chi connectivity index (χ1) is 12.5. The van der Waals surface area contributed by atoms with Crippen LogP contribution in [0.5, 0.6) is 0 Å². The lowest BCUT2D eigenvalue weighted by molar-refractivity contribution is -0.119. The minimum atomic E-state index is -0.302. The van der Waals surface area contributed by atoms with E-state index in [0.717, 1.165) is 16.7 Å². The van der Waals surface area contributed by atoms with Gasteiger partial charge >= 0.3 is 0 Å². The van der Waals surface area contributed by atoms with E-state index in [9.17, 15) is 9.18 Å². The van der Waals surface area contributed by atoms with Gasteiger partial charge in [0.25, 0.3) is 5.22 Å². The van der Waals surface area contributed by atoms with E-state index in [1.54, 1.807) is 12.1 Å². The molecule has 0 aliphatic heterocycles. The van der Waals surface area contributed by atoms with Gasteiger partial charge in [0.15, 0.2) is 0 Å². The molecule has 7 heteroatoms. The molecule has 0 saturated heterocycles. The van der Waals surface area contributed by atoms with Gasteiger partial charge < -0.3 is 9.73 Å². The van der Waals surface area contributed by atoms with Crippen LogP contribution in [0.15, 0.2) is 58.2 Å². The first-order valence-electron chi connectivity index (χ1n) is 8.09. The van der Waals surface area contributed by atoms with Gasteiger partial charge in [-0.3, -0.25) is 4.79 Å². The molecular formula is C19H18FN3O2S. The van der Waals surface area contributed by atoms with Gasteiger partial charge in [-0.15, -0.1) is 10.2 Å². The van der Waals surface area contributed by atoms with Crippen molar-refractivity contribution in [3.05, 3.63) is 65.5 Å². The summed E-state index contributed by atoms with van der Waals surface area (Å²) in [5.41, 5.74) is 2.78. The number of thioether (sulfide) groups is 1. The van der Waals surface area contributed by atoms with E-state index in [2.05, 4.69) is 15.5 Å². The Morgan fingerprint density at radius 1 is 1.23 bits per heavy atom. The van der Waals surface area contributed by atoms with E-state index < -0.39 is 0 Å². The molecule has 0 aliphatic carbocycles. The summed E-state index contributed by atoms with van der Waals surface area (Å²) in [6, 6.07) is 13.6. The molecule has 0 spiro atoms. The highest BCUT2D eigenvalue weighted by atomic mass is 32.2. The second-order valence-corrected chi connectivity index (χ2v) is 6.80. The standard InChI is InChI=1S/C19H18FN3O2S/c1-12-4-3-5-15(10-12)18-22-23-19(25-18)26-11-17(24)21-13(2)14-6-8-16(20)9-7-14/h3-10,13H,11H2,1-2H3,(H,21,24)/t13-/m1/s1. The highest BCUT2D eigenvalue weighted by Crippen LogP contribution is 2.23. The molecule has 1 aromatic heterocycles. The predicted molar refractivity (Wildman–Crippen MR) is 98.2 cm³/mol. The van der Waals surface area contributed by atoms with Crippen molar-refractivity contribution in [2.45, 2.75) is 25.1 Å². The van der Waals surface area contributed by atoms with Crippen molar-refractivity contribution >= 4 is 17.7 Å². The number of carbonyl (C=O) groups is 1. The van der Waals surface area contributed by atoms with Gasteiger partial charge in [0.1, 0.15) is 5.82 Å². The Balaban J connectivity index is 1.54. The third-order valence-electron chi connectivity index (χ3n) is 3.75. The Morgan fingerprint density at radius 2 is 2.00 bits per heavy atom. The Bertz CT molecular complexity index is 896. The van der Waals surface area contributed by atoms with E-state index in [1.807, 2.05) is 38.1 Å². The number of hydrogen-bond donors (Lipinski definition) is 1. The van der Waals surface area contributed by atoms with Crippen LogP contribution in [0.1, 0.15) is 24.1 Å². The van der Waals surface area contributed by atoms with E-state index in [4.69, 9.17) is 4.42 Å². The second kappa shape index (κ2) is 8.14. The maximum absolute atomic E-state index is 13.0. The SMILES string of the molecule is Cc1cccc(-c2nnc(SCC(=O)N[C@H](C)c3ccc(F)cc3)o2)c1. The van der Waals surface area contributed by atoms with Gasteiger partial charge in [0.05, 0.1) is 11.8 Å². The van der Waals surface area contributed by atoms with Crippen molar-refractivity contribution in [3.63, 3.8) is 0 Å². The van der Waals surface area contributed by atoms with Crippen LogP contribution in [0.4, 0.5) is 4.39 Å². The summed E-state index contributed by atoms with van der Waals surface area (Å²) < 4.78 is 18.6. The Kier molecular flexibility index (Phi) is 5.68. The number of benzene rings is 2. The zero-order valence-electron chi connectivity index (χ0n) is 14.4. The van der Waals surface area contributed by atoms with Crippen molar-refractivity contribution in [2.24, 2.45) is 0 Å². The summed E-state index contributed by atoms with van der Waals surface area (Å²) in [7, 11) is 0. The van der Waals surface area contributed by atoms with Crippen LogP contribution in [0.2, 0.25) is 0 Å². The van der Waals surface area contributed by atoms with Crippen LogP contribution in [0.25, 0.3) is 11.5 Å². The molecule has 1 atom stereocenters. The molecule has 5 nitrogen and oxygen atoms in total. The number of carbonyl (C=O) groups excluding carboxylic acids is 1. The molecule has 0 aliphatic rings. The Morgan fingerprint density at radius 3 is 2.73 bits per heavy atom. The second-order valence-electron chi connectivity index (χ2n) is 5.87. The topological polar surface area (TPSA) is 68.0 Å². The molecule has 1 amide bonds. The number of rotatable bonds is 6. The summed E-state index contributed by atoms with van der Waals surface area (Å²) >= 11 is 1.18. The summed E-state index contributed by atoms with van der Waals surface area (Å²) in [5.74, 6) is 0.114. The van der Waals surface area contributed by atoms with Crippen LogP contribution in [-0.4, -0.2) is 21.9 Å². The lowest BCUT2D eigenvalue weighted by Crippen LogP contribution is -2.28. The lowest BCUT2D eigenvalue weighted by Gasteiger charge is -2.13. The zero-order valence-corrected chi connectivity index (χ0v) is 15.2. The molecule has 3 aromatic rings. The largest absolute Gasteiger partial charge is 0.411 e. The van der Waals surface area contributed by atoms with Gasteiger partial charge in [-0.1, -0.05) is 41.6 Å². The fourth-order valence-electron chi connectivity index (χ4n) is 2.41. The van der Waals surface area contributed by atoms with Crippen molar-refractivity contribution < 1.29 is 13.6 Å². The number of aromatic nitrogens is 2. The quantitative estimate of drug-likeness (QED) is 0.659. The molecule has 0 bridgehead atoms. The highest BCUT2D eigenvalue weighted by Gasteiger charge is 2.13. The average molecular weight is 371 g/mol. The molecule has 1 N–H and O–H groups in total. The summed E-state index contributed by atoms with van der Waals surface area (Å²) in [5, 5.41) is 11.2. The van der Waals surface area contributed by atoms with Crippen LogP contribution < -0.4 is 5.32 Å². The van der Waals surface area contributed by atoms with Crippen molar-refractivity contribution in [1.82, 2.24) is 15.5 Å². The minimum Gasteiger partial charge on any atom is -0.411 e. The van der Waals surface area contributed by atoms with E-state index >= 15 is 0 Å². The zero-order chi connectivity index (χ0) is 18.5. The maximum atomic E-state index is 13.0. The number of halogens is 1. The van der Waals surface area contributed by atoms with Gasteiger partial charge in [-0.25, -0.2) is 4.39 Å². The molecule has 0 saturated carbocycles. The summed E-state index contributed by atoms with van der Waals surface area (Å²) in [6.45, 7) is 3.83. The maximum Gasteiger partial charge on any atom is 0.277 e. The van der Waals surface area contributed by atoms with Crippen LogP contribution in [0.3, 0.4) is 0 Å². The Hall–Kier alpha value is -2.67. The molecular weight excluding hydrogens is 353 g/mol.